The summed E-state index contributed by atoms with van der Waals surface area (Å²) >= 11 is 1.30. The average Bonchev–Trinajstić information content (AvgIpc) is 3.20. The van der Waals surface area contributed by atoms with E-state index >= 15 is 0 Å². The number of pyridine rings is 1. The van der Waals surface area contributed by atoms with Gasteiger partial charge in [-0.15, -0.1) is 11.3 Å². The predicted molar refractivity (Wildman–Crippen MR) is 132 cm³/mol. The molecule has 0 saturated heterocycles. The number of para-hydroxylation sites is 1. The molecule has 2 heterocycles. The zero-order valence-electron chi connectivity index (χ0n) is 19.5. The Morgan fingerprint density at radius 2 is 1.35 bits per heavy atom. The van der Waals surface area contributed by atoms with Crippen molar-refractivity contribution >= 4 is 48.2 Å². The van der Waals surface area contributed by atoms with Crippen molar-refractivity contribution in [3.05, 3.63) is 82.6 Å². The molecule has 213 valence electrons. The van der Waals surface area contributed by atoms with Crippen LogP contribution >= 0.6 is 11.3 Å². The fourth-order valence-corrected chi connectivity index (χ4v) is 5.23. The normalized spacial score (nSPS) is 12.1. The van der Waals surface area contributed by atoms with Crippen LogP contribution in [0, 0.1) is 49.4 Å². The second-order valence-corrected chi connectivity index (χ2v) is 9.22. The van der Waals surface area contributed by atoms with Crippen molar-refractivity contribution < 1.29 is 101 Å². The molecule has 0 aliphatic heterocycles. The minimum Gasteiger partial charge on any atom is -0.506 e. The molecule has 5 rings (SSSR count). The third kappa shape index (κ3) is 4.96. The predicted octanol–water partition coefficient (Wildman–Crippen LogP) is 5.43. The van der Waals surface area contributed by atoms with E-state index < -0.39 is 40.7 Å². The van der Waals surface area contributed by atoms with E-state index in [0.29, 0.717) is 20.0 Å². The van der Waals surface area contributed by atoms with Gasteiger partial charge in [-0.1, -0.05) is 36.4 Å². The third-order valence-electron chi connectivity index (χ3n) is 5.92. The summed E-state index contributed by atoms with van der Waals surface area (Å²) in [4.78, 5) is 25.9. The van der Waals surface area contributed by atoms with Gasteiger partial charge in [0, 0.05) is 80.6 Å². The first-order chi connectivity index (χ1) is 17.3. The molecule has 0 unspecified atom stereocenters. The Morgan fingerprint density at radius 3 is 1.95 bits per heavy atom. The van der Waals surface area contributed by atoms with E-state index in [-0.39, 0.29) is 76.9 Å². The molecule has 0 bridgehead atoms. The summed E-state index contributed by atoms with van der Waals surface area (Å²) in [6, 6.07) is 16.8. The summed E-state index contributed by atoms with van der Waals surface area (Å²) < 4.78 is 96.6. The smallest absolute Gasteiger partial charge is 0.460 e. The maximum absolute atomic E-state index is 14.4. The number of hydrogen-bond donors (Lipinski definition) is 1. The van der Waals surface area contributed by atoms with E-state index in [0.717, 1.165) is 4.70 Å². The van der Waals surface area contributed by atoms with E-state index in [2.05, 4.69) is 0 Å². The molecule has 2 aromatic heterocycles. The van der Waals surface area contributed by atoms with E-state index in [1.54, 1.807) is 30.3 Å². The number of nitrogens with zero attached hydrogens (tertiary/aromatic N) is 1. The van der Waals surface area contributed by atoms with Crippen molar-refractivity contribution in [3.8, 4) is 11.4 Å². The maximum atomic E-state index is 14.4. The van der Waals surface area contributed by atoms with Crippen molar-refractivity contribution in [2.24, 2.45) is 0 Å². The van der Waals surface area contributed by atoms with Gasteiger partial charge < -0.3 is 16.1 Å². The minimum atomic E-state index is -6.81. The summed E-state index contributed by atoms with van der Waals surface area (Å²) in [5, 5.41) is 11.6. The molecular weight excluding hydrogens is 711 g/mol. The topological polar surface area (TPSA) is 122 Å². The Bertz CT molecular complexity index is 1790. The summed E-state index contributed by atoms with van der Waals surface area (Å²) in [5.41, 5.74) is -3.64. The number of fused-ring (bicyclic) bond motifs is 4. The van der Waals surface area contributed by atoms with Gasteiger partial charge in [-0.2, -0.15) is 30.7 Å². The Hall–Kier alpha value is -2.43. The zero-order chi connectivity index (χ0) is 26.9. The van der Waals surface area contributed by atoms with Gasteiger partial charge in [0.2, 0.25) is 5.78 Å². The number of Topliss-reactive ketones (excluding diaryl/α,β-unsaturated/α-hetero) is 1. The summed E-state index contributed by atoms with van der Waals surface area (Å²) in [6.45, 7) is 0. The third-order valence-corrected chi connectivity index (χ3v) is 7.06. The number of halogens is 7. The van der Waals surface area contributed by atoms with E-state index in [9.17, 15) is 45.4 Å². The number of aromatic hydroxyl groups is 1. The fourth-order valence-electron chi connectivity index (χ4n) is 4.11. The van der Waals surface area contributed by atoms with Crippen LogP contribution in [0.1, 0.15) is 10.4 Å². The van der Waals surface area contributed by atoms with Gasteiger partial charge in [-0.25, -0.2) is 0 Å². The molecule has 0 aliphatic carbocycles. The van der Waals surface area contributed by atoms with E-state index in [1.807, 2.05) is 0 Å². The molecule has 0 fully saturated rings. The number of hydrogen-bond acceptors (Lipinski definition) is 4. The van der Waals surface area contributed by atoms with Crippen LogP contribution in [0.25, 0.3) is 36.8 Å². The fraction of sp³-hybridized carbons (Fsp3) is 0.120. The van der Waals surface area contributed by atoms with Crippen molar-refractivity contribution in [3.63, 3.8) is 0 Å². The maximum Gasteiger partial charge on any atom is 0.460 e. The van der Waals surface area contributed by atoms with Crippen LogP contribution in [0.2, 0.25) is 0 Å². The van der Waals surface area contributed by atoms with Crippen LogP contribution in [0.4, 0.5) is 30.7 Å². The van der Waals surface area contributed by atoms with Gasteiger partial charge in [0.1, 0.15) is 11.3 Å². The monoisotopic (exact) mass is 728 g/mol. The molecule has 6 nitrogen and oxygen atoms in total. The summed E-state index contributed by atoms with van der Waals surface area (Å²) in [7, 11) is 0. The van der Waals surface area contributed by atoms with Crippen LogP contribution < -0.4 is 5.56 Å². The van der Waals surface area contributed by atoms with Crippen LogP contribution in [-0.4, -0.2) is 44.4 Å². The molecule has 0 aliphatic rings. The molecule has 0 amide bonds. The standard InChI is InChI=1S/C25H12F7NO3S.Eu.2H2O/c26-23(27,24(28,29)25(30,31)32)21(35)19-20(34)15-10-14-13-8-4-5-9-17(13)37-18(14)11-16(15)33(22(19)36)12-6-2-1-3-7-12;;;/h1-11,34H;;2*1H2. The molecule has 5 aromatic rings. The Balaban J connectivity index is 0.00000187. The van der Waals surface area contributed by atoms with E-state index in [4.69, 9.17) is 0 Å². The van der Waals surface area contributed by atoms with Crippen LogP contribution in [0.3, 0.4) is 0 Å². The summed E-state index contributed by atoms with van der Waals surface area (Å²) in [5.74, 6) is -17.8. The quantitative estimate of drug-likeness (QED) is 0.196. The van der Waals surface area contributed by atoms with Gasteiger partial charge in [0.25, 0.3) is 5.56 Å². The van der Waals surface area contributed by atoms with Gasteiger partial charge in [0.05, 0.1) is 5.52 Å². The zero-order valence-corrected chi connectivity index (χ0v) is 22.7. The van der Waals surface area contributed by atoms with Crippen molar-refractivity contribution in [2.45, 2.75) is 18.0 Å². The number of rotatable bonds is 4. The van der Waals surface area contributed by atoms with Gasteiger partial charge >= 0.3 is 18.0 Å². The van der Waals surface area contributed by atoms with Crippen LogP contribution in [-0.2, 0) is 0 Å². The van der Waals surface area contributed by atoms with Gasteiger partial charge in [-0.3, -0.25) is 14.2 Å². The molecule has 3 aromatic carbocycles. The number of benzene rings is 3. The molecule has 15 heteroatoms. The number of alkyl halides is 7. The molecule has 0 spiro atoms. The number of carbonyl (C=O) groups is 1. The largest absolute Gasteiger partial charge is 0.506 e. The molecule has 0 atom stereocenters. The minimum absolute atomic E-state index is 0. The van der Waals surface area contributed by atoms with Crippen LogP contribution in [0.5, 0.6) is 5.75 Å². The molecule has 5 N–H and O–H groups in total. The second-order valence-electron chi connectivity index (χ2n) is 8.14. The molecule has 1 radical (unpaired) electrons. The van der Waals surface area contributed by atoms with E-state index in [1.165, 1.54) is 47.7 Å². The summed E-state index contributed by atoms with van der Waals surface area (Å²) in [6.07, 6.45) is -6.81. The van der Waals surface area contributed by atoms with Crippen LogP contribution in [0.15, 0.2) is 71.5 Å². The first-order valence-electron chi connectivity index (χ1n) is 10.4. The first kappa shape index (κ1) is 33.8. The average molecular weight is 727 g/mol. The Morgan fingerprint density at radius 1 is 0.775 bits per heavy atom. The second kappa shape index (κ2) is 11.5. The molecular formula is C25H16EuF7NO5S. The van der Waals surface area contributed by atoms with Crippen molar-refractivity contribution in [2.75, 3.05) is 0 Å². The number of carbonyl (C=O) groups excluding carboxylic acids is 1. The molecule has 0 saturated carbocycles. The van der Waals surface area contributed by atoms with Gasteiger partial charge in [0.15, 0.2) is 0 Å². The van der Waals surface area contributed by atoms with Crippen molar-refractivity contribution in [1.82, 2.24) is 4.57 Å². The Labute approximate surface area is 263 Å². The van der Waals surface area contributed by atoms with Gasteiger partial charge in [-0.05, 0) is 30.3 Å². The molecule has 40 heavy (non-hydrogen) atoms. The number of ketones is 1. The Kier molecular flexibility index (Phi) is 9.67. The number of thiophene rings is 1. The van der Waals surface area contributed by atoms with Crippen molar-refractivity contribution in [1.29, 1.82) is 0 Å². The number of aromatic nitrogens is 1. The first-order valence-corrected chi connectivity index (χ1v) is 11.2. The SMILES string of the molecule is O.O.O=C(c1c(O)c2cc3c(cc2n(-c2ccccc2)c1=O)sc1ccccc13)C(F)(F)C(F)(F)C(F)(F)F.[Eu].